The number of aliphatic hydroxyl groups is 1. The number of hydrogen-bond acceptors (Lipinski definition) is 5. The summed E-state index contributed by atoms with van der Waals surface area (Å²) in [6.45, 7) is -0.0679. The van der Waals surface area contributed by atoms with Crippen LogP contribution in [0, 0.1) is 10.1 Å². The summed E-state index contributed by atoms with van der Waals surface area (Å²) in [5.41, 5.74) is 0.368. The normalized spacial score (nSPS) is 9.94. The van der Waals surface area contributed by atoms with Gasteiger partial charge in [0, 0.05) is 32.4 Å². The Labute approximate surface area is 104 Å². The molecule has 0 saturated carbocycles. The number of carbonyl (C=O) groups excluding carboxylic acids is 1. The largest absolute Gasteiger partial charge is 0.395 e. The third-order valence-electron chi connectivity index (χ3n) is 2.49. The van der Waals surface area contributed by atoms with Crippen molar-refractivity contribution in [1.29, 1.82) is 0 Å². The number of nitrogens with one attached hydrogen (secondary N) is 1. The van der Waals surface area contributed by atoms with Gasteiger partial charge in [0.1, 0.15) is 5.56 Å². The predicted molar refractivity (Wildman–Crippen MR) is 66.7 cm³/mol. The van der Waals surface area contributed by atoms with E-state index in [2.05, 4.69) is 5.32 Å². The lowest BCUT2D eigenvalue weighted by atomic mass is 10.1. The minimum Gasteiger partial charge on any atom is -0.395 e. The number of aliphatic hydroxyl groups excluding tert-OH is 1. The summed E-state index contributed by atoms with van der Waals surface area (Å²) in [6.07, 6.45) is 0. The maximum absolute atomic E-state index is 12.0. The van der Waals surface area contributed by atoms with E-state index in [9.17, 15) is 14.9 Å². The lowest BCUT2D eigenvalue weighted by Gasteiger charge is -2.16. The highest BCUT2D eigenvalue weighted by Gasteiger charge is 2.22. The number of nitro benzene ring substituents is 1. The minimum absolute atomic E-state index is 0.00259. The maximum Gasteiger partial charge on any atom is 0.282 e. The molecule has 1 aromatic carbocycles. The second-order valence-electron chi connectivity index (χ2n) is 3.69. The van der Waals surface area contributed by atoms with Crippen molar-refractivity contribution in [2.45, 2.75) is 0 Å². The number of likely N-dealkylation sites (N-methyl/N-ethyl adjacent to an activating group) is 1. The number of nitro groups is 1. The Hall–Kier alpha value is -2.15. The van der Waals surface area contributed by atoms with Crippen LogP contribution in [0.4, 0.5) is 11.4 Å². The molecule has 0 aliphatic rings. The van der Waals surface area contributed by atoms with Crippen LogP contribution in [0.2, 0.25) is 0 Å². The first kappa shape index (κ1) is 13.9. The van der Waals surface area contributed by atoms with Gasteiger partial charge in [-0.2, -0.15) is 0 Å². The summed E-state index contributed by atoms with van der Waals surface area (Å²) in [7, 11) is 3.14. The summed E-state index contributed by atoms with van der Waals surface area (Å²) in [4.78, 5) is 23.5. The molecule has 1 aromatic rings. The van der Waals surface area contributed by atoms with E-state index in [1.807, 2.05) is 0 Å². The number of rotatable bonds is 5. The van der Waals surface area contributed by atoms with Crippen molar-refractivity contribution in [2.24, 2.45) is 0 Å². The molecule has 7 nitrogen and oxygen atoms in total. The van der Waals surface area contributed by atoms with Crippen LogP contribution in [0.15, 0.2) is 18.2 Å². The quantitative estimate of drug-likeness (QED) is 0.595. The average Bonchev–Trinajstić information content (AvgIpc) is 2.37. The van der Waals surface area contributed by atoms with E-state index in [4.69, 9.17) is 5.11 Å². The van der Waals surface area contributed by atoms with Crippen LogP contribution in [-0.4, -0.2) is 48.1 Å². The van der Waals surface area contributed by atoms with Gasteiger partial charge in [0.25, 0.3) is 11.6 Å². The minimum atomic E-state index is -0.598. The van der Waals surface area contributed by atoms with Crippen molar-refractivity contribution < 1.29 is 14.8 Å². The Kier molecular flexibility index (Phi) is 4.61. The number of hydrogen-bond donors (Lipinski definition) is 2. The SMILES string of the molecule is CNc1ccc([N+](=O)[O-])c(C(=O)N(C)CCO)c1. The number of anilines is 1. The van der Waals surface area contributed by atoms with Gasteiger partial charge < -0.3 is 15.3 Å². The maximum atomic E-state index is 12.0. The van der Waals surface area contributed by atoms with Crippen molar-refractivity contribution >= 4 is 17.3 Å². The van der Waals surface area contributed by atoms with Gasteiger partial charge >= 0.3 is 0 Å². The third-order valence-corrected chi connectivity index (χ3v) is 2.49. The van der Waals surface area contributed by atoms with Gasteiger partial charge in [-0.25, -0.2) is 0 Å². The molecule has 2 N–H and O–H groups in total. The molecule has 0 bridgehead atoms. The molecule has 7 heteroatoms. The molecular formula is C11H15N3O4. The summed E-state index contributed by atoms with van der Waals surface area (Å²) in [5, 5.41) is 22.5. The Morgan fingerprint density at radius 3 is 2.72 bits per heavy atom. The first-order chi connectivity index (χ1) is 8.51. The average molecular weight is 253 g/mol. The van der Waals surface area contributed by atoms with Gasteiger partial charge in [-0.15, -0.1) is 0 Å². The summed E-state index contributed by atoms with van der Waals surface area (Å²) in [6, 6.07) is 4.24. The van der Waals surface area contributed by atoms with Crippen LogP contribution in [0.25, 0.3) is 0 Å². The van der Waals surface area contributed by atoms with Crippen molar-refractivity contribution in [3.8, 4) is 0 Å². The third kappa shape index (κ3) is 2.95. The fourth-order valence-corrected chi connectivity index (χ4v) is 1.48. The Morgan fingerprint density at radius 2 is 2.22 bits per heavy atom. The molecule has 98 valence electrons. The highest BCUT2D eigenvalue weighted by molar-refractivity contribution is 5.99. The molecule has 0 aliphatic heterocycles. The zero-order chi connectivity index (χ0) is 13.7. The zero-order valence-electron chi connectivity index (χ0n) is 10.2. The molecule has 18 heavy (non-hydrogen) atoms. The van der Waals surface area contributed by atoms with Crippen LogP contribution in [0.3, 0.4) is 0 Å². The molecule has 0 aromatic heterocycles. The summed E-state index contributed by atoms with van der Waals surface area (Å²) < 4.78 is 0. The van der Waals surface area contributed by atoms with Gasteiger partial charge in [0.05, 0.1) is 11.5 Å². The van der Waals surface area contributed by atoms with E-state index < -0.39 is 10.8 Å². The Morgan fingerprint density at radius 1 is 1.56 bits per heavy atom. The van der Waals surface area contributed by atoms with E-state index >= 15 is 0 Å². The van der Waals surface area contributed by atoms with Crippen LogP contribution >= 0.6 is 0 Å². The fraction of sp³-hybridized carbons (Fsp3) is 0.364. The lowest BCUT2D eigenvalue weighted by Crippen LogP contribution is -2.30. The van der Waals surface area contributed by atoms with E-state index in [0.717, 1.165) is 0 Å². The molecule has 0 aliphatic carbocycles. The van der Waals surface area contributed by atoms with Crippen LogP contribution in [0.1, 0.15) is 10.4 Å². The molecule has 0 fully saturated rings. The molecular weight excluding hydrogens is 238 g/mol. The van der Waals surface area contributed by atoms with Crippen molar-refractivity contribution in [3.63, 3.8) is 0 Å². The van der Waals surface area contributed by atoms with Gasteiger partial charge in [0.2, 0.25) is 0 Å². The van der Waals surface area contributed by atoms with Crippen molar-refractivity contribution in [2.75, 3.05) is 32.6 Å². The van der Waals surface area contributed by atoms with Crippen molar-refractivity contribution in [1.82, 2.24) is 4.90 Å². The summed E-state index contributed by atoms with van der Waals surface area (Å²) in [5.74, 6) is -0.493. The molecule has 0 saturated heterocycles. The fourth-order valence-electron chi connectivity index (χ4n) is 1.48. The first-order valence-corrected chi connectivity index (χ1v) is 5.33. The first-order valence-electron chi connectivity index (χ1n) is 5.33. The van der Waals surface area contributed by atoms with Gasteiger partial charge in [-0.3, -0.25) is 14.9 Å². The standard InChI is InChI=1S/C11H15N3O4/c1-12-8-3-4-10(14(17)18)9(7-8)11(16)13(2)5-6-15/h3-4,7,12,15H,5-6H2,1-2H3. The topological polar surface area (TPSA) is 95.7 Å². The molecule has 0 atom stereocenters. The second-order valence-corrected chi connectivity index (χ2v) is 3.69. The highest BCUT2D eigenvalue weighted by atomic mass is 16.6. The van der Waals surface area contributed by atoms with E-state index in [-0.39, 0.29) is 24.4 Å². The molecule has 0 heterocycles. The molecule has 0 radical (unpaired) electrons. The smallest absolute Gasteiger partial charge is 0.282 e. The number of benzene rings is 1. The zero-order valence-corrected chi connectivity index (χ0v) is 10.2. The molecule has 1 amide bonds. The Bertz CT molecular complexity index is 462. The van der Waals surface area contributed by atoms with E-state index in [0.29, 0.717) is 5.69 Å². The van der Waals surface area contributed by atoms with Crippen LogP contribution < -0.4 is 5.32 Å². The van der Waals surface area contributed by atoms with Crippen LogP contribution in [-0.2, 0) is 0 Å². The molecule has 0 unspecified atom stereocenters. The van der Waals surface area contributed by atoms with Gasteiger partial charge in [-0.05, 0) is 12.1 Å². The number of amides is 1. The Balaban J connectivity index is 3.18. The van der Waals surface area contributed by atoms with Crippen molar-refractivity contribution in [3.05, 3.63) is 33.9 Å². The summed E-state index contributed by atoms with van der Waals surface area (Å²) >= 11 is 0. The van der Waals surface area contributed by atoms with Gasteiger partial charge in [-0.1, -0.05) is 0 Å². The molecule has 1 rings (SSSR count). The number of carbonyl (C=O) groups is 1. The number of nitrogens with zero attached hydrogens (tertiary/aromatic N) is 2. The van der Waals surface area contributed by atoms with E-state index in [1.54, 1.807) is 7.05 Å². The monoisotopic (exact) mass is 253 g/mol. The predicted octanol–water partition coefficient (Wildman–Crippen LogP) is 0.701. The van der Waals surface area contributed by atoms with Gasteiger partial charge in [0.15, 0.2) is 0 Å². The van der Waals surface area contributed by atoms with E-state index in [1.165, 1.54) is 30.1 Å². The molecule has 0 spiro atoms. The van der Waals surface area contributed by atoms with Crippen LogP contribution in [0.5, 0.6) is 0 Å². The second kappa shape index (κ2) is 5.97. The lowest BCUT2D eigenvalue weighted by molar-refractivity contribution is -0.385. The highest BCUT2D eigenvalue weighted by Crippen LogP contribution is 2.23.